The zero-order valence-electron chi connectivity index (χ0n) is 11.4. The molecule has 0 saturated heterocycles. The van der Waals surface area contributed by atoms with Crippen molar-refractivity contribution in [2.24, 2.45) is 0 Å². The van der Waals surface area contributed by atoms with E-state index in [0.717, 1.165) is 11.0 Å². The SMILES string of the molecule is CC[N+](C)(C)C1c2ccccc2-c2ccccc21. The summed E-state index contributed by atoms with van der Waals surface area (Å²) in [4.78, 5) is 0. The lowest BCUT2D eigenvalue weighted by Crippen LogP contribution is -2.42. The molecule has 0 unspecified atom stereocenters. The lowest BCUT2D eigenvalue weighted by molar-refractivity contribution is -0.913. The van der Waals surface area contributed by atoms with E-state index in [9.17, 15) is 0 Å². The van der Waals surface area contributed by atoms with Crippen LogP contribution in [-0.4, -0.2) is 25.1 Å². The van der Waals surface area contributed by atoms with Crippen LogP contribution in [0.3, 0.4) is 0 Å². The molecule has 1 heteroatoms. The Bertz CT molecular complexity index is 538. The maximum atomic E-state index is 2.32. The van der Waals surface area contributed by atoms with Crippen molar-refractivity contribution >= 4 is 0 Å². The highest BCUT2D eigenvalue weighted by Crippen LogP contribution is 2.47. The van der Waals surface area contributed by atoms with E-state index < -0.39 is 0 Å². The Balaban J connectivity index is 2.27. The maximum absolute atomic E-state index is 2.32. The number of quaternary nitrogens is 1. The molecule has 0 aliphatic heterocycles. The van der Waals surface area contributed by atoms with Crippen molar-refractivity contribution in [1.29, 1.82) is 0 Å². The van der Waals surface area contributed by atoms with Gasteiger partial charge in [0.25, 0.3) is 0 Å². The molecule has 1 nitrogen and oxygen atoms in total. The van der Waals surface area contributed by atoms with Gasteiger partial charge in [-0.3, -0.25) is 0 Å². The normalized spacial score (nSPS) is 14.4. The van der Waals surface area contributed by atoms with Gasteiger partial charge in [-0.15, -0.1) is 0 Å². The van der Waals surface area contributed by atoms with Crippen LogP contribution in [0.5, 0.6) is 0 Å². The number of hydrogen-bond acceptors (Lipinski definition) is 0. The topological polar surface area (TPSA) is 0 Å². The molecular weight excluding hydrogens is 218 g/mol. The number of benzene rings is 2. The Morgan fingerprint density at radius 3 is 1.72 bits per heavy atom. The Hall–Kier alpha value is -1.60. The van der Waals surface area contributed by atoms with Crippen LogP contribution in [-0.2, 0) is 0 Å². The summed E-state index contributed by atoms with van der Waals surface area (Å²) < 4.78 is 1.01. The van der Waals surface area contributed by atoms with Gasteiger partial charge >= 0.3 is 0 Å². The van der Waals surface area contributed by atoms with Crippen LogP contribution in [0.1, 0.15) is 24.1 Å². The van der Waals surface area contributed by atoms with Crippen molar-refractivity contribution in [3.8, 4) is 11.1 Å². The Labute approximate surface area is 109 Å². The monoisotopic (exact) mass is 238 g/mol. The quantitative estimate of drug-likeness (QED) is 0.697. The highest BCUT2D eigenvalue weighted by atomic mass is 15.3. The molecule has 2 aromatic carbocycles. The van der Waals surface area contributed by atoms with Crippen molar-refractivity contribution < 1.29 is 4.48 Å². The van der Waals surface area contributed by atoms with Crippen molar-refractivity contribution in [1.82, 2.24) is 0 Å². The van der Waals surface area contributed by atoms with Crippen LogP contribution in [0, 0.1) is 0 Å². The molecular formula is C17H20N+. The Morgan fingerprint density at radius 2 is 1.28 bits per heavy atom. The van der Waals surface area contributed by atoms with Crippen LogP contribution < -0.4 is 0 Å². The summed E-state index contributed by atoms with van der Waals surface area (Å²) in [5.41, 5.74) is 5.78. The third-order valence-electron chi connectivity index (χ3n) is 4.31. The number of rotatable bonds is 2. The van der Waals surface area contributed by atoms with E-state index in [4.69, 9.17) is 0 Å². The molecule has 1 aliphatic carbocycles. The predicted octanol–water partition coefficient (Wildman–Crippen LogP) is 3.85. The fraction of sp³-hybridized carbons (Fsp3) is 0.294. The Kier molecular flexibility index (Phi) is 2.53. The minimum atomic E-state index is 0.474. The minimum Gasteiger partial charge on any atom is -0.319 e. The molecule has 1 aliphatic rings. The fourth-order valence-electron chi connectivity index (χ4n) is 3.06. The standard InChI is InChI=1S/C17H20N/c1-4-18(2,3)17-15-11-7-5-9-13(15)14-10-6-8-12-16(14)17/h5-12,17H,4H2,1-3H3/q+1. The van der Waals surface area contributed by atoms with E-state index in [1.54, 1.807) is 0 Å². The van der Waals surface area contributed by atoms with Gasteiger partial charge in [-0.1, -0.05) is 48.5 Å². The summed E-state index contributed by atoms with van der Waals surface area (Å²) in [7, 11) is 4.65. The molecule has 0 atom stereocenters. The average molecular weight is 238 g/mol. The van der Waals surface area contributed by atoms with Gasteiger partial charge in [0.05, 0.1) is 20.6 Å². The molecule has 0 N–H and O–H groups in total. The van der Waals surface area contributed by atoms with Gasteiger partial charge in [-0.2, -0.15) is 0 Å². The van der Waals surface area contributed by atoms with Gasteiger partial charge in [0, 0.05) is 11.1 Å². The van der Waals surface area contributed by atoms with E-state index in [2.05, 4.69) is 69.6 Å². The zero-order valence-corrected chi connectivity index (χ0v) is 11.4. The van der Waals surface area contributed by atoms with E-state index in [1.165, 1.54) is 22.3 Å². The molecule has 0 amide bonds. The van der Waals surface area contributed by atoms with E-state index in [1.807, 2.05) is 0 Å². The summed E-state index contributed by atoms with van der Waals surface area (Å²) in [6.07, 6.45) is 0. The number of fused-ring (bicyclic) bond motifs is 3. The van der Waals surface area contributed by atoms with Crippen molar-refractivity contribution in [3.05, 3.63) is 59.7 Å². The predicted molar refractivity (Wildman–Crippen MR) is 76.4 cm³/mol. The lowest BCUT2D eigenvalue weighted by Gasteiger charge is -2.36. The molecule has 18 heavy (non-hydrogen) atoms. The van der Waals surface area contributed by atoms with Crippen LogP contribution in [0.4, 0.5) is 0 Å². The summed E-state index contributed by atoms with van der Waals surface area (Å²) >= 11 is 0. The first-order chi connectivity index (χ1) is 8.65. The van der Waals surface area contributed by atoms with Gasteiger partial charge in [0.15, 0.2) is 0 Å². The summed E-state index contributed by atoms with van der Waals surface area (Å²) in [6, 6.07) is 18.2. The van der Waals surface area contributed by atoms with E-state index >= 15 is 0 Å². The van der Waals surface area contributed by atoms with Gasteiger partial charge in [0.2, 0.25) is 0 Å². The summed E-state index contributed by atoms with van der Waals surface area (Å²) in [6.45, 7) is 3.40. The first-order valence-electron chi connectivity index (χ1n) is 6.66. The molecule has 0 heterocycles. The smallest absolute Gasteiger partial charge is 0.141 e. The second-order valence-corrected chi connectivity index (χ2v) is 5.67. The van der Waals surface area contributed by atoms with Crippen molar-refractivity contribution in [3.63, 3.8) is 0 Å². The maximum Gasteiger partial charge on any atom is 0.141 e. The van der Waals surface area contributed by atoms with Crippen LogP contribution in [0.15, 0.2) is 48.5 Å². The average Bonchev–Trinajstić information content (AvgIpc) is 2.74. The molecule has 3 rings (SSSR count). The number of hydrogen-bond donors (Lipinski definition) is 0. The molecule has 0 spiro atoms. The lowest BCUT2D eigenvalue weighted by atomic mass is 10.0. The zero-order chi connectivity index (χ0) is 12.8. The molecule has 0 radical (unpaired) electrons. The molecule has 2 aromatic rings. The van der Waals surface area contributed by atoms with Crippen LogP contribution in [0.2, 0.25) is 0 Å². The van der Waals surface area contributed by atoms with Crippen LogP contribution in [0.25, 0.3) is 11.1 Å². The molecule has 92 valence electrons. The first kappa shape index (κ1) is 11.5. The summed E-state index contributed by atoms with van der Waals surface area (Å²) in [5, 5.41) is 0. The minimum absolute atomic E-state index is 0.474. The second-order valence-electron chi connectivity index (χ2n) is 5.67. The fourth-order valence-corrected chi connectivity index (χ4v) is 3.06. The third kappa shape index (κ3) is 1.51. The molecule has 0 fully saturated rings. The highest BCUT2D eigenvalue weighted by molar-refractivity contribution is 5.77. The number of nitrogens with zero attached hydrogens (tertiary/aromatic N) is 1. The van der Waals surface area contributed by atoms with Crippen molar-refractivity contribution in [2.75, 3.05) is 20.6 Å². The van der Waals surface area contributed by atoms with Crippen LogP contribution >= 0.6 is 0 Å². The first-order valence-corrected chi connectivity index (χ1v) is 6.66. The van der Waals surface area contributed by atoms with Gasteiger partial charge in [-0.25, -0.2) is 0 Å². The van der Waals surface area contributed by atoms with E-state index in [-0.39, 0.29) is 0 Å². The van der Waals surface area contributed by atoms with Gasteiger partial charge in [0.1, 0.15) is 6.04 Å². The van der Waals surface area contributed by atoms with E-state index in [0.29, 0.717) is 6.04 Å². The second kappa shape index (κ2) is 3.96. The van der Waals surface area contributed by atoms with Gasteiger partial charge in [-0.05, 0) is 18.1 Å². The molecule has 0 bridgehead atoms. The Morgan fingerprint density at radius 1 is 0.833 bits per heavy atom. The van der Waals surface area contributed by atoms with Crippen molar-refractivity contribution in [2.45, 2.75) is 13.0 Å². The third-order valence-corrected chi connectivity index (χ3v) is 4.31. The highest BCUT2D eigenvalue weighted by Gasteiger charge is 2.38. The molecule has 0 saturated carbocycles. The molecule has 0 aromatic heterocycles. The largest absolute Gasteiger partial charge is 0.319 e. The van der Waals surface area contributed by atoms with Gasteiger partial charge < -0.3 is 4.48 Å². The summed E-state index contributed by atoms with van der Waals surface area (Å²) in [5.74, 6) is 0.